The molecular weight excluding hydrogens is 414 g/mol. The molecule has 3 aromatic rings. The van der Waals surface area contributed by atoms with Crippen molar-refractivity contribution >= 4 is 5.91 Å². The van der Waals surface area contributed by atoms with Crippen molar-refractivity contribution in [1.29, 1.82) is 0 Å². The smallest absolute Gasteiger partial charge is 0.257 e. The molecule has 166 valence electrons. The number of aromatic nitrogens is 1. The van der Waals surface area contributed by atoms with Gasteiger partial charge in [0.2, 0.25) is 5.88 Å². The van der Waals surface area contributed by atoms with Crippen LogP contribution in [0.15, 0.2) is 48.7 Å². The van der Waals surface area contributed by atoms with Gasteiger partial charge in [0.15, 0.2) is 0 Å². The van der Waals surface area contributed by atoms with Gasteiger partial charge in [-0.2, -0.15) is 0 Å². The molecule has 1 amide bonds. The monoisotopic (exact) mass is 438 g/mol. The summed E-state index contributed by atoms with van der Waals surface area (Å²) in [7, 11) is 0. The summed E-state index contributed by atoms with van der Waals surface area (Å²) in [5.74, 6) is -0.527. The molecule has 0 bridgehead atoms. The number of rotatable bonds is 8. The number of aliphatic hydroxyl groups excluding tert-OH is 1. The molecule has 1 aliphatic rings. The van der Waals surface area contributed by atoms with E-state index < -0.39 is 11.7 Å². The molecule has 1 saturated carbocycles. The molecule has 0 radical (unpaired) electrons. The second kappa shape index (κ2) is 9.44. The highest BCUT2D eigenvalue weighted by Crippen LogP contribution is 2.32. The molecule has 0 atom stereocenters. The highest BCUT2D eigenvalue weighted by Gasteiger charge is 2.24. The third-order valence-corrected chi connectivity index (χ3v) is 5.49. The van der Waals surface area contributed by atoms with Crippen LogP contribution in [0.25, 0.3) is 11.1 Å². The van der Waals surface area contributed by atoms with Crippen LogP contribution < -0.4 is 10.1 Å². The van der Waals surface area contributed by atoms with Crippen molar-refractivity contribution in [3.8, 4) is 17.0 Å². The third-order valence-electron chi connectivity index (χ3n) is 5.49. The lowest BCUT2D eigenvalue weighted by atomic mass is 10.00. The summed E-state index contributed by atoms with van der Waals surface area (Å²) in [6.45, 7) is 1.94. The Bertz CT molecular complexity index is 1150. The number of aliphatic hydroxyl groups is 1. The first kappa shape index (κ1) is 21.9. The molecule has 0 saturated heterocycles. The maximum absolute atomic E-state index is 13.8. The van der Waals surface area contributed by atoms with Gasteiger partial charge in [-0.3, -0.25) is 4.79 Å². The van der Waals surface area contributed by atoms with Crippen LogP contribution in [-0.2, 0) is 13.2 Å². The average molecular weight is 438 g/mol. The number of pyridine rings is 1. The van der Waals surface area contributed by atoms with Gasteiger partial charge in [-0.05, 0) is 72.2 Å². The van der Waals surface area contributed by atoms with Crippen molar-refractivity contribution in [2.24, 2.45) is 5.92 Å². The molecular formula is C25H24F2N2O3. The lowest BCUT2D eigenvalue weighted by Gasteiger charge is -2.14. The van der Waals surface area contributed by atoms with Crippen molar-refractivity contribution in [2.45, 2.75) is 32.9 Å². The molecule has 0 aliphatic heterocycles. The van der Waals surface area contributed by atoms with Crippen LogP contribution in [0, 0.1) is 24.5 Å². The summed E-state index contributed by atoms with van der Waals surface area (Å²) in [6.07, 6.45) is 3.73. The van der Waals surface area contributed by atoms with Crippen molar-refractivity contribution < 1.29 is 23.4 Å². The fourth-order valence-electron chi connectivity index (χ4n) is 3.36. The molecule has 5 nitrogen and oxygen atoms in total. The topological polar surface area (TPSA) is 71.5 Å². The number of hydrogen-bond acceptors (Lipinski definition) is 4. The van der Waals surface area contributed by atoms with Gasteiger partial charge in [0.25, 0.3) is 5.91 Å². The maximum atomic E-state index is 13.8. The van der Waals surface area contributed by atoms with Crippen molar-refractivity contribution in [3.05, 3.63) is 82.5 Å². The third kappa shape index (κ3) is 5.11. The number of hydrogen-bond donors (Lipinski definition) is 2. The molecule has 0 unspecified atom stereocenters. The van der Waals surface area contributed by atoms with Gasteiger partial charge >= 0.3 is 0 Å². The summed E-state index contributed by atoms with van der Waals surface area (Å²) in [6, 6.07) is 10.5. The van der Waals surface area contributed by atoms with Crippen molar-refractivity contribution in [3.63, 3.8) is 0 Å². The van der Waals surface area contributed by atoms with E-state index in [1.807, 2.05) is 0 Å². The summed E-state index contributed by atoms with van der Waals surface area (Å²) >= 11 is 0. The first-order valence-electron chi connectivity index (χ1n) is 10.5. The highest BCUT2D eigenvalue weighted by molar-refractivity contribution is 5.97. The maximum Gasteiger partial charge on any atom is 0.257 e. The van der Waals surface area contributed by atoms with Crippen molar-refractivity contribution in [2.75, 3.05) is 6.61 Å². The largest absolute Gasteiger partial charge is 0.477 e. The Labute approximate surface area is 185 Å². The number of benzene rings is 2. The average Bonchev–Trinajstić information content (AvgIpc) is 3.62. The molecule has 1 heterocycles. The Kier molecular flexibility index (Phi) is 6.46. The highest BCUT2D eigenvalue weighted by atomic mass is 19.1. The van der Waals surface area contributed by atoms with Gasteiger partial charge in [-0.15, -0.1) is 0 Å². The molecule has 2 N–H and O–H groups in total. The normalized spacial score (nSPS) is 13.1. The van der Waals surface area contributed by atoms with E-state index in [0.29, 0.717) is 40.3 Å². The van der Waals surface area contributed by atoms with Crippen LogP contribution in [0.5, 0.6) is 5.88 Å². The molecule has 0 spiro atoms. The van der Waals surface area contributed by atoms with E-state index >= 15 is 0 Å². The van der Waals surface area contributed by atoms with E-state index in [0.717, 1.165) is 12.8 Å². The summed E-state index contributed by atoms with van der Waals surface area (Å²) < 4.78 is 33.2. The number of nitrogens with one attached hydrogen (secondary N) is 1. The van der Waals surface area contributed by atoms with E-state index in [1.165, 1.54) is 18.2 Å². The van der Waals surface area contributed by atoms with Crippen LogP contribution >= 0.6 is 0 Å². The van der Waals surface area contributed by atoms with Gasteiger partial charge in [0.05, 0.1) is 13.2 Å². The van der Waals surface area contributed by atoms with E-state index in [1.54, 1.807) is 37.4 Å². The van der Waals surface area contributed by atoms with E-state index in [2.05, 4.69) is 10.3 Å². The second-order valence-corrected chi connectivity index (χ2v) is 8.06. The van der Waals surface area contributed by atoms with E-state index in [9.17, 15) is 18.7 Å². The number of carbonyl (C=O) groups is 1. The zero-order chi connectivity index (χ0) is 22.7. The molecule has 7 heteroatoms. The lowest BCUT2D eigenvalue weighted by molar-refractivity contribution is 0.0945. The molecule has 2 aromatic carbocycles. The minimum Gasteiger partial charge on any atom is -0.477 e. The first-order valence-corrected chi connectivity index (χ1v) is 10.5. The molecule has 1 aromatic heterocycles. The number of amides is 1. The zero-order valence-electron chi connectivity index (χ0n) is 17.7. The van der Waals surface area contributed by atoms with Gasteiger partial charge in [0, 0.05) is 18.3 Å². The van der Waals surface area contributed by atoms with Gasteiger partial charge in [-0.25, -0.2) is 13.8 Å². The predicted octanol–water partition coefficient (Wildman–Crippen LogP) is 4.55. The van der Waals surface area contributed by atoms with Crippen LogP contribution in [0.2, 0.25) is 0 Å². The summed E-state index contributed by atoms with van der Waals surface area (Å²) in [5, 5.41) is 12.4. The van der Waals surface area contributed by atoms with Gasteiger partial charge in [0.1, 0.15) is 17.2 Å². The standard InChI is InChI=1S/C25H24F2N2O3/c1-15-2-3-17(8-23(15)27)11-28-24(31)22-10-18(12-29-25(22)32-14-16-4-5-16)21-7-6-20(26)9-19(21)13-30/h2-3,6-10,12,16,30H,4-5,11,13-14H2,1H3,(H,28,31). The molecule has 4 rings (SSSR count). The minimum absolute atomic E-state index is 0.140. The zero-order valence-corrected chi connectivity index (χ0v) is 17.7. The van der Waals surface area contributed by atoms with E-state index in [-0.39, 0.29) is 30.4 Å². The number of aryl methyl sites for hydroxylation is 1. The van der Waals surface area contributed by atoms with Crippen LogP contribution in [-0.4, -0.2) is 22.6 Å². The fourth-order valence-corrected chi connectivity index (χ4v) is 3.36. The predicted molar refractivity (Wildman–Crippen MR) is 116 cm³/mol. The van der Waals surface area contributed by atoms with Crippen LogP contribution in [0.4, 0.5) is 8.78 Å². The number of nitrogens with zero attached hydrogens (tertiary/aromatic N) is 1. The summed E-state index contributed by atoms with van der Waals surface area (Å²) in [5.41, 5.74) is 2.91. The molecule has 32 heavy (non-hydrogen) atoms. The Balaban J connectivity index is 1.61. The number of halogens is 2. The number of ether oxygens (including phenoxy) is 1. The Hall–Kier alpha value is -3.32. The van der Waals surface area contributed by atoms with E-state index in [4.69, 9.17) is 4.74 Å². The molecule has 1 aliphatic carbocycles. The van der Waals surface area contributed by atoms with Crippen molar-refractivity contribution in [1.82, 2.24) is 10.3 Å². The second-order valence-electron chi connectivity index (χ2n) is 8.06. The van der Waals surface area contributed by atoms with Crippen LogP contribution in [0.3, 0.4) is 0 Å². The Morgan fingerprint density at radius 2 is 2.00 bits per heavy atom. The lowest BCUT2D eigenvalue weighted by Crippen LogP contribution is -2.24. The van der Waals surface area contributed by atoms with Gasteiger partial charge in [-0.1, -0.05) is 18.2 Å². The molecule has 1 fully saturated rings. The van der Waals surface area contributed by atoms with Crippen LogP contribution in [0.1, 0.15) is 39.9 Å². The Morgan fingerprint density at radius 1 is 1.19 bits per heavy atom. The van der Waals surface area contributed by atoms with Gasteiger partial charge < -0.3 is 15.2 Å². The Morgan fingerprint density at radius 3 is 2.72 bits per heavy atom. The SMILES string of the molecule is Cc1ccc(CNC(=O)c2cc(-c3ccc(F)cc3CO)cnc2OCC2CC2)cc1F. The summed E-state index contributed by atoms with van der Waals surface area (Å²) in [4.78, 5) is 17.3. The minimum atomic E-state index is -0.460. The first-order chi connectivity index (χ1) is 15.4. The fraction of sp³-hybridized carbons (Fsp3) is 0.280. The number of carbonyl (C=O) groups excluding carboxylic acids is 1. The quantitative estimate of drug-likeness (QED) is 0.542.